The summed E-state index contributed by atoms with van der Waals surface area (Å²) in [5.41, 5.74) is 2.68. The van der Waals surface area contributed by atoms with Gasteiger partial charge >= 0.3 is 0 Å². The van der Waals surface area contributed by atoms with Gasteiger partial charge in [-0.3, -0.25) is 9.59 Å². The second-order valence-electron chi connectivity index (χ2n) is 5.73. The summed E-state index contributed by atoms with van der Waals surface area (Å²) in [5.74, 6) is -0.533. The molecule has 0 saturated carbocycles. The van der Waals surface area contributed by atoms with Crippen molar-refractivity contribution >= 4 is 17.5 Å². The van der Waals surface area contributed by atoms with Gasteiger partial charge in [0.1, 0.15) is 5.82 Å². The van der Waals surface area contributed by atoms with Gasteiger partial charge in [0.05, 0.1) is 0 Å². The number of nitrogens with one attached hydrogen (secondary N) is 1. The van der Waals surface area contributed by atoms with Crippen LogP contribution in [0.25, 0.3) is 0 Å². The molecular weight excluding hydrogens is 307 g/mol. The molecule has 0 aromatic heterocycles. The van der Waals surface area contributed by atoms with E-state index in [1.807, 2.05) is 13.0 Å². The van der Waals surface area contributed by atoms with Crippen molar-refractivity contribution in [2.24, 2.45) is 0 Å². The summed E-state index contributed by atoms with van der Waals surface area (Å²) in [4.78, 5) is 26.2. The van der Waals surface area contributed by atoms with Crippen LogP contribution in [-0.4, -0.2) is 18.4 Å². The van der Waals surface area contributed by atoms with Crippen LogP contribution in [0.1, 0.15) is 34.8 Å². The van der Waals surface area contributed by atoms with E-state index in [2.05, 4.69) is 5.32 Å². The fraction of sp³-hybridized carbons (Fsp3) is 0.263. The van der Waals surface area contributed by atoms with Gasteiger partial charge in [0.15, 0.2) is 0 Å². The van der Waals surface area contributed by atoms with E-state index in [-0.39, 0.29) is 24.2 Å². The Morgan fingerprint density at radius 2 is 1.96 bits per heavy atom. The average Bonchev–Trinajstić information content (AvgIpc) is 3.04. The maximum atomic E-state index is 13.6. The first-order valence-electron chi connectivity index (χ1n) is 8.05. The Morgan fingerprint density at radius 3 is 2.71 bits per heavy atom. The van der Waals surface area contributed by atoms with E-state index in [0.717, 1.165) is 11.3 Å². The summed E-state index contributed by atoms with van der Waals surface area (Å²) in [6, 6.07) is 11.8. The average molecular weight is 326 g/mol. The minimum Gasteiger partial charge on any atom is -0.348 e. The van der Waals surface area contributed by atoms with Crippen LogP contribution in [0.5, 0.6) is 0 Å². The molecular formula is C19H19FN2O2. The Hall–Kier alpha value is -2.69. The van der Waals surface area contributed by atoms with Crippen molar-refractivity contribution in [2.75, 3.05) is 11.4 Å². The summed E-state index contributed by atoms with van der Waals surface area (Å²) in [6.45, 7) is 2.55. The van der Waals surface area contributed by atoms with Crippen LogP contribution in [0.4, 0.5) is 10.1 Å². The number of halogens is 1. The first kappa shape index (κ1) is 16.2. The molecule has 24 heavy (non-hydrogen) atoms. The number of carbonyl (C=O) groups is 2. The monoisotopic (exact) mass is 326 g/mol. The van der Waals surface area contributed by atoms with Gasteiger partial charge < -0.3 is 10.2 Å². The fourth-order valence-corrected chi connectivity index (χ4v) is 3.01. The first-order chi connectivity index (χ1) is 11.6. The van der Waals surface area contributed by atoms with Gasteiger partial charge in [-0.1, -0.05) is 31.2 Å². The molecule has 0 atom stereocenters. The molecule has 1 heterocycles. The molecule has 2 amide bonds. The molecule has 0 bridgehead atoms. The molecule has 1 aliphatic rings. The molecule has 124 valence electrons. The number of nitrogens with zero attached hydrogens (tertiary/aromatic N) is 1. The number of hydrogen-bond acceptors (Lipinski definition) is 2. The van der Waals surface area contributed by atoms with Crippen molar-refractivity contribution in [1.29, 1.82) is 0 Å². The SMILES string of the molecule is CCC(=O)N1CCc2c(C(=O)NCc3ccccc3F)cccc21. The molecule has 0 unspecified atom stereocenters. The Morgan fingerprint density at radius 1 is 1.17 bits per heavy atom. The third-order valence-corrected chi connectivity index (χ3v) is 4.27. The highest BCUT2D eigenvalue weighted by Crippen LogP contribution is 2.31. The van der Waals surface area contributed by atoms with Crippen LogP contribution in [0.3, 0.4) is 0 Å². The number of hydrogen-bond donors (Lipinski definition) is 1. The summed E-state index contributed by atoms with van der Waals surface area (Å²) in [5, 5.41) is 2.76. The molecule has 1 aliphatic heterocycles. The summed E-state index contributed by atoms with van der Waals surface area (Å²) in [7, 11) is 0. The van der Waals surface area contributed by atoms with Gasteiger partial charge in [-0.15, -0.1) is 0 Å². The number of amides is 2. The maximum Gasteiger partial charge on any atom is 0.251 e. The quantitative estimate of drug-likeness (QED) is 0.939. The lowest BCUT2D eigenvalue weighted by atomic mass is 10.0. The predicted octanol–water partition coefficient (Wildman–Crippen LogP) is 3.05. The Labute approximate surface area is 140 Å². The van der Waals surface area contributed by atoms with Crippen LogP contribution < -0.4 is 10.2 Å². The molecule has 4 nitrogen and oxygen atoms in total. The van der Waals surface area contributed by atoms with Crippen LogP contribution >= 0.6 is 0 Å². The third-order valence-electron chi connectivity index (χ3n) is 4.27. The first-order valence-corrected chi connectivity index (χ1v) is 8.05. The highest BCUT2D eigenvalue weighted by atomic mass is 19.1. The van der Waals surface area contributed by atoms with E-state index in [9.17, 15) is 14.0 Å². The van der Waals surface area contributed by atoms with E-state index in [4.69, 9.17) is 0 Å². The van der Waals surface area contributed by atoms with E-state index in [1.54, 1.807) is 35.2 Å². The minimum absolute atomic E-state index is 0.0534. The number of carbonyl (C=O) groups excluding carboxylic acids is 2. The van der Waals surface area contributed by atoms with Gasteiger partial charge in [0.25, 0.3) is 5.91 Å². The summed E-state index contributed by atoms with van der Waals surface area (Å²) in [6.07, 6.45) is 1.09. The number of rotatable bonds is 4. The van der Waals surface area contributed by atoms with E-state index < -0.39 is 0 Å². The van der Waals surface area contributed by atoms with Crippen molar-refractivity contribution in [3.8, 4) is 0 Å². The lowest BCUT2D eigenvalue weighted by Gasteiger charge is -2.17. The Bertz CT molecular complexity index is 789. The Kier molecular flexibility index (Phi) is 4.60. The predicted molar refractivity (Wildman–Crippen MR) is 90.4 cm³/mol. The standard InChI is InChI=1S/C19H19FN2O2/c1-2-18(23)22-11-10-14-15(7-5-9-17(14)22)19(24)21-12-13-6-3-4-8-16(13)20/h3-9H,2,10-12H2,1H3,(H,21,24). The van der Waals surface area contributed by atoms with Gasteiger partial charge in [-0.05, 0) is 30.2 Å². The van der Waals surface area contributed by atoms with Crippen molar-refractivity contribution < 1.29 is 14.0 Å². The number of anilines is 1. The largest absolute Gasteiger partial charge is 0.348 e. The zero-order valence-electron chi connectivity index (χ0n) is 13.5. The van der Waals surface area contributed by atoms with Crippen molar-refractivity contribution in [3.63, 3.8) is 0 Å². The second kappa shape index (κ2) is 6.83. The van der Waals surface area contributed by atoms with Crippen molar-refractivity contribution in [3.05, 3.63) is 65.0 Å². The van der Waals surface area contributed by atoms with Gasteiger partial charge in [-0.2, -0.15) is 0 Å². The van der Waals surface area contributed by atoms with Crippen molar-refractivity contribution in [1.82, 2.24) is 5.32 Å². The highest BCUT2D eigenvalue weighted by molar-refractivity contribution is 6.01. The fourth-order valence-electron chi connectivity index (χ4n) is 3.01. The topological polar surface area (TPSA) is 49.4 Å². The van der Waals surface area contributed by atoms with Gasteiger partial charge in [-0.25, -0.2) is 4.39 Å². The molecule has 0 fully saturated rings. The van der Waals surface area contributed by atoms with Gasteiger partial charge in [0.2, 0.25) is 5.91 Å². The summed E-state index contributed by atoms with van der Waals surface area (Å²) < 4.78 is 13.6. The maximum absolute atomic E-state index is 13.6. The molecule has 0 spiro atoms. The third kappa shape index (κ3) is 3.02. The van der Waals surface area contributed by atoms with Gasteiger partial charge in [0, 0.05) is 36.3 Å². The van der Waals surface area contributed by atoms with Crippen LogP contribution in [0.15, 0.2) is 42.5 Å². The van der Waals surface area contributed by atoms with Crippen LogP contribution in [-0.2, 0) is 17.8 Å². The molecule has 0 saturated heterocycles. The molecule has 0 aliphatic carbocycles. The molecule has 3 rings (SSSR count). The van der Waals surface area contributed by atoms with Crippen molar-refractivity contribution in [2.45, 2.75) is 26.3 Å². The van der Waals surface area contributed by atoms with E-state index >= 15 is 0 Å². The van der Waals surface area contributed by atoms with Crippen LogP contribution in [0.2, 0.25) is 0 Å². The number of benzene rings is 2. The highest BCUT2D eigenvalue weighted by Gasteiger charge is 2.27. The number of fused-ring (bicyclic) bond motifs is 1. The van der Waals surface area contributed by atoms with Crippen LogP contribution in [0, 0.1) is 5.82 Å². The molecule has 2 aromatic rings. The zero-order valence-corrected chi connectivity index (χ0v) is 13.5. The molecule has 2 aromatic carbocycles. The smallest absolute Gasteiger partial charge is 0.251 e. The lowest BCUT2D eigenvalue weighted by Crippen LogP contribution is -2.27. The molecule has 0 radical (unpaired) electrons. The zero-order chi connectivity index (χ0) is 17.1. The second-order valence-corrected chi connectivity index (χ2v) is 5.73. The van der Waals surface area contributed by atoms with E-state index in [0.29, 0.717) is 30.5 Å². The lowest BCUT2D eigenvalue weighted by molar-refractivity contribution is -0.118. The normalized spacial score (nSPS) is 12.8. The molecule has 5 heteroatoms. The van der Waals surface area contributed by atoms with E-state index in [1.165, 1.54) is 6.07 Å². The molecule has 1 N–H and O–H groups in total. The summed E-state index contributed by atoms with van der Waals surface area (Å²) >= 11 is 0. The minimum atomic E-state index is -0.337. The Balaban J connectivity index is 1.78.